The van der Waals surface area contributed by atoms with Crippen molar-refractivity contribution in [2.24, 2.45) is 0 Å². The molecule has 2 aromatic rings. The fourth-order valence-corrected chi connectivity index (χ4v) is 2.57. The van der Waals surface area contributed by atoms with Crippen LogP contribution in [0.2, 0.25) is 0 Å². The van der Waals surface area contributed by atoms with E-state index < -0.39 is 6.04 Å². The Balaban J connectivity index is 2.48. The number of para-hydroxylation sites is 1. The number of carbonyl (C=O) groups excluding carboxylic acids is 1. The molecule has 0 bridgehead atoms. The second-order valence-corrected chi connectivity index (χ2v) is 5.88. The Hall–Kier alpha value is -2.04. The number of carbonyl (C=O) groups is 1. The summed E-state index contributed by atoms with van der Waals surface area (Å²) in [7, 11) is 0. The molecule has 0 spiro atoms. The lowest BCUT2D eigenvalue weighted by Crippen LogP contribution is -2.23. The van der Waals surface area contributed by atoms with Crippen molar-refractivity contribution in [1.29, 1.82) is 0 Å². The maximum absolute atomic E-state index is 12.3. The molecule has 2 rings (SSSR count). The summed E-state index contributed by atoms with van der Waals surface area (Å²) >= 11 is 0. The van der Waals surface area contributed by atoms with Crippen LogP contribution in [0.25, 0.3) is 11.0 Å². The Bertz CT molecular complexity index is 661. The number of anilines is 1. The molecule has 1 heterocycles. The third-order valence-electron chi connectivity index (χ3n) is 3.66. The van der Waals surface area contributed by atoms with Crippen molar-refractivity contribution < 1.29 is 9.53 Å². The van der Waals surface area contributed by atoms with Crippen molar-refractivity contribution in [3.8, 4) is 0 Å². The number of aromatic nitrogens is 2. The Labute approximate surface area is 131 Å². The van der Waals surface area contributed by atoms with Crippen LogP contribution in [0.15, 0.2) is 18.2 Å². The van der Waals surface area contributed by atoms with Gasteiger partial charge >= 0.3 is 5.97 Å². The van der Waals surface area contributed by atoms with E-state index >= 15 is 0 Å². The normalized spacial score (nSPS) is 12.8. The number of unbranched alkanes of at least 4 members (excludes halogenated alkanes) is 1. The molecular formula is C17H25N3O2. The molecule has 22 heavy (non-hydrogen) atoms. The van der Waals surface area contributed by atoms with Gasteiger partial charge in [-0.1, -0.05) is 19.4 Å². The minimum absolute atomic E-state index is 0.131. The first-order valence-electron chi connectivity index (χ1n) is 7.91. The highest BCUT2D eigenvalue weighted by atomic mass is 16.5. The van der Waals surface area contributed by atoms with Gasteiger partial charge in [-0.2, -0.15) is 0 Å². The third kappa shape index (κ3) is 3.24. The number of nitrogen functional groups attached to an aromatic ring is 1. The van der Waals surface area contributed by atoms with Gasteiger partial charge in [0.15, 0.2) is 0 Å². The van der Waals surface area contributed by atoms with E-state index in [2.05, 4.69) is 11.9 Å². The largest absolute Gasteiger partial charge is 0.461 e. The molecule has 1 aromatic carbocycles. The Morgan fingerprint density at radius 2 is 2.09 bits per heavy atom. The molecule has 1 unspecified atom stereocenters. The van der Waals surface area contributed by atoms with Crippen molar-refractivity contribution >= 4 is 22.7 Å². The lowest BCUT2D eigenvalue weighted by molar-refractivity contribution is -0.150. The van der Waals surface area contributed by atoms with Crippen molar-refractivity contribution in [2.45, 2.75) is 59.1 Å². The topological polar surface area (TPSA) is 70.1 Å². The molecule has 0 aliphatic rings. The second kappa shape index (κ2) is 6.81. The minimum atomic E-state index is -0.416. The number of nitrogens with zero attached hydrogens (tertiary/aromatic N) is 2. The maximum atomic E-state index is 12.3. The Morgan fingerprint density at radius 3 is 2.73 bits per heavy atom. The van der Waals surface area contributed by atoms with Gasteiger partial charge in [-0.3, -0.25) is 0 Å². The van der Waals surface area contributed by atoms with Crippen LogP contribution in [0, 0.1) is 0 Å². The zero-order valence-corrected chi connectivity index (χ0v) is 13.8. The summed E-state index contributed by atoms with van der Waals surface area (Å²) in [6.07, 6.45) is 2.79. The number of ether oxygens (including phenoxy) is 1. The summed E-state index contributed by atoms with van der Waals surface area (Å²) in [5.74, 6) is 0.650. The first kappa shape index (κ1) is 16.3. The lowest BCUT2D eigenvalue weighted by atomic mass is 10.2. The summed E-state index contributed by atoms with van der Waals surface area (Å²) in [6.45, 7) is 7.70. The van der Waals surface area contributed by atoms with Gasteiger partial charge in [0.1, 0.15) is 17.4 Å². The Morgan fingerprint density at radius 1 is 1.36 bits per heavy atom. The fourth-order valence-electron chi connectivity index (χ4n) is 2.57. The van der Waals surface area contributed by atoms with Gasteiger partial charge in [-0.15, -0.1) is 0 Å². The predicted octanol–water partition coefficient (Wildman–Crippen LogP) is 3.47. The number of nitrogens with two attached hydrogens (primary N) is 1. The fraction of sp³-hybridized carbons (Fsp3) is 0.529. The summed E-state index contributed by atoms with van der Waals surface area (Å²) in [6, 6.07) is 5.26. The Kier molecular flexibility index (Phi) is 5.06. The average molecular weight is 303 g/mol. The molecular weight excluding hydrogens is 278 g/mol. The number of aryl methyl sites for hydroxylation is 1. The number of imidazole rings is 1. The number of esters is 1. The number of fused-ring (bicyclic) bond motifs is 1. The van der Waals surface area contributed by atoms with E-state index in [-0.39, 0.29) is 12.1 Å². The van der Waals surface area contributed by atoms with E-state index in [1.807, 2.05) is 43.5 Å². The van der Waals surface area contributed by atoms with Gasteiger partial charge in [0.05, 0.1) is 17.3 Å². The molecule has 0 saturated carbocycles. The van der Waals surface area contributed by atoms with Gasteiger partial charge in [0, 0.05) is 6.42 Å². The molecule has 0 saturated heterocycles. The molecule has 0 fully saturated rings. The van der Waals surface area contributed by atoms with Crippen molar-refractivity contribution in [2.75, 3.05) is 5.73 Å². The molecule has 2 N–H and O–H groups in total. The number of hydrogen-bond acceptors (Lipinski definition) is 4. The molecule has 0 amide bonds. The van der Waals surface area contributed by atoms with Crippen LogP contribution in [0.4, 0.5) is 5.69 Å². The zero-order valence-electron chi connectivity index (χ0n) is 13.8. The van der Waals surface area contributed by atoms with Gasteiger partial charge in [0.2, 0.25) is 0 Å². The molecule has 1 atom stereocenters. The van der Waals surface area contributed by atoms with E-state index in [1.165, 1.54) is 0 Å². The van der Waals surface area contributed by atoms with Crippen LogP contribution in [0.3, 0.4) is 0 Å². The van der Waals surface area contributed by atoms with Crippen LogP contribution in [-0.4, -0.2) is 21.6 Å². The summed E-state index contributed by atoms with van der Waals surface area (Å²) in [4.78, 5) is 17.0. The quantitative estimate of drug-likeness (QED) is 0.655. The monoisotopic (exact) mass is 303 g/mol. The van der Waals surface area contributed by atoms with Crippen LogP contribution in [0.1, 0.15) is 52.4 Å². The maximum Gasteiger partial charge on any atom is 0.329 e. The van der Waals surface area contributed by atoms with E-state index in [1.54, 1.807) is 0 Å². The number of hydrogen-bond donors (Lipinski definition) is 1. The van der Waals surface area contributed by atoms with E-state index in [9.17, 15) is 4.79 Å². The number of rotatable bonds is 6. The molecule has 120 valence electrons. The molecule has 5 heteroatoms. The average Bonchev–Trinajstić information content (AvgIpc) is 2.83. The highest BCUT2D eigenvalue weighted by Gasteiger charge is 2.23. The second-order valence-electron chi connectivity index (χ2n) is 5.88. The highest BCUT2D eigenvalue weighted by molar-refractivity contribution is 5.89. The van der Waals surface area contributed by atoms with Gasteiger partial charge in [0.25, 0.3) is 0 Å². The first-order valence-corrected chi connectivity index (χ1v) is 7.91. The molecule has 1 aromatic heterocycles. The van der Waals surface area contributed by atoms with Gasteiger partial charge in [-0.25, -0.2) is 9.78 Å². The summed E-state index contributed by atoms with van der Waals surface area (Å²) < 4.78 is 7.32. The predicted molar refractivity (Wildman–Crippen MR) is 88.7 cm³/mol. The third-order valence-corrected chi connectivity index (χ3v) is 3.66. The van der Waals surface area contributed by atoms with Crippen LogP contribution < -0.4 is 5.73 Å². The molecule has 0 aliphatic carbocycles. The standard InChI is InChI=1S/C17H25N3O2/c1-5-6-10-15-19-16-13(18)8-7-9-14(16)20(15)12(4)17(21)22-11(2)3/h7-9,11-12H,5-6,10,18H2,1-4H3. The van der Waals surface area contributed by atoms with Gasteiger partial charge < -0.3 is 15.0 Å². The number of benzene rings is 1. The SMILES string of the molecule is CCCCc1nc2c(N)cccc2n1C(C)C(=O)OC(C)C. The van der Waals surface area contributed by atoms with E-state index in [4.69, 9.17) is 10.5 Å². The van der Waals surface area contributed by atoms with Crippen LogP contribution in [0.5, 0.6) is 0 Å². The molecule has 0 radical (unpaired) electrons. The van der Waals surface area contributed by atoms with E-state index in [0.29, 0.717) is 5.69 Å². The van der Waals surface area contributed by atoms with Crippen LogP contribution in [-0.2, 0) is 16.0 Å². The smallest absolute Gasteiger partial charge is 0.329 e. The van der Waals surface area contributed by atoms with E-state index in [0.717, 1.165) is 36.1 Å². The first-order chi connectivity index (χ1) is 10.5. The van der Waals surface area contributed by atoms with Gasteiger partial charge in [-0.05, 0) is 39.3 Å². The summed E-state index contributed by atoms with van der Waals surface area (Å²) in [5.41, 5.74) is 8.32. The van der Waals surface area contributed by atoms with Crippen molar-refractivity contribution in [3.63, 3.8) is 0 Å². The zero-order chi connectivity index (χ0) is 16.3. The molecule has 5 nitrogen and oxygen atoms in total. The van der Waals surface area contributed by atoms with Crippen molar-refractivity contribution in [3.05, 3.63) is 24.0 Å². The van der Waals surface area contributed by atoms with Crippen LogP contribution >= 0.6 is 0 Å². The van der Waals surface area contributed by atoms with Crippen molar-refractivity contribution in [1.82, 2.24) is 9.55 Å². The highest BCUT2D eigenvalue weighted by Crippen LogP contribution is 2.27. The minimum Gasteiger partial charge on any atom is -0.461 e. The lowest BCUT2D eigenvalue weighted by Gasteiger charge is -2.18. The molecule has 0 aliphatic heterocycles. The summed E-state index contributed by atoms with van der Waals surface area (Å²) in [5, 5.41) is 0.